The number of aliphatic hydroxyl groups is 1. The Hall–Kier alpha value is -2.93. The largest absolute Gasteiger partial charge is 0.490 e. The molecule has 7 nitrogen and oxygen atoms in total. The third kappa shape index (κ3) is 4.40. The van der Waals surface area contributed by atoms with Crippen molar-refractivity contribution in [2.45, 2.75) is 43.6 Å². The third-order valence-corrected chi connectivity index (χ3v) is 5.13. The van der Waals surface area contributed by atoms with Crippen LogP contribution in [-0.4, -0.2) is 46.2 Å². The van der Waals surface area contributed by atoms with Gasteiger partial charge in [-0.2, -0.15) is 13.2 Å². The molecule has 10 heteroatoms. The molecule has 1 aliphatic carbocycles. The maximum Gasteiger partial charge on any atom is 0.419 e. The number of halogens is 3. The minimum absolute atomic E-state index is 0.0221. The molecule has 0 aromatic heterocycles. The molecule has 0 amide bonds. The second-order valence-corrected chi connectivity index (χ2v) is 7.35. The summed E-state index contributed by atoms with van der Waals surface area (Å²) in [6, 6.07) is 3.44. The van der Waals surface area contributed by atoms with Crippen LogP contribution in [0.15, 0.2) is 40.9 Å². The molecule has 0 radical (unpaired) electrons. The average Bonchev–Trinajstić information content (AvgIpc) is 3.09. The van der Waals surface area contributed by atoms with Crippen molar-refractivity contribution < 1.29 is 27.9 Å². The highest BCUT2D eigenvalue weighted by molar-refractivity contribution is 5.94. The Morgan fingerprint density at radius 2 is 2.17 bits per heavy atom. The Balaban J connectivity index is 1.74. The Morgan fingerprint density at radius 1 is 1.45 bits per heavy atom. The zero-order valence-corrected chi connectivity index (χ0v) is 15.4. The first kappa shape index (κ1) is 20.8. The van der Waals surface area contributed by atoms with Gasteiger partial charge in [0, 0.05) is 18.2 Å². The van der Waals surface area contributed by atoms with Gasteiger partial charge in [-0.05, 0) is 31.4 Å². The van der Waals surface area contributed by atoms with Crippen LogP contribution in [0.3, 0.4) is 0 Å². The summed E-state index contributed by atoms with van der Waals surface area (Å²) < 4.78 is 45.0. The zero-order valence-electron chi connectivity index (χ0n) is 15.4. The molecule has 4 atom stereocenters. The first-order valence-electron chi connectivity index (χ1n) is 8.83. The van der Waals surface area contributed by atoms with Crippen molar-refractivity contribution in [3.63, 3.8) is 0 Å². The predicted molar refractivity (Wildman–Crippen MR) is 97.7 cm³/mol. The molecule has 1 heterocycles. The maximum absolute atomic E-state index is 13.2. The number of fused-ring (bicyclic) bond motifs is 1. The topological polar surface area (TPSA) is 89.3 Å². The first-order valence-corrected chi connectivity index (χ1v) is 8.83. The summed E-state index contributed by atoms with van der Waals surface area (Å²) in [5.41, 5.74) is -2.32. The molecule has 0 saturated carbocycles. The highest BCUT2D eigenvalue weighted by atomic mass is 19.4. The van der Waals surface area contributed by atoms with Crippen LogP contribution < -0.4 is 4.74 Å². The molecule has 4 unspecified atom stereocenters. The van der Waals surface area contributed by atoms with Crippen LogP contribution in [0.4, 0.5) is 18.9 Å². The normalized spacial score (nSPS) is 25.9. The molecule has 3 rings (SSSR count). The van der Waals surface area contributed by atoms with E-state index in [1.165, 1.54) is 31.2 Å². The number of benzene rings is 1. The number of non-ortho nitro benzene ring substituents is 1. The predicted octanol–water partition coefficient (Wildman–Crippen LogP) is 3.73. The lowest BCUT2D eigenvalue weighted by Gasteiger charge is -2.26. The van der Waals surface area contributed by atoms with E-state index in [0.29, 0.717) is 5.71 Å². The number of alkyl halides is 3. The fraction of sp³-hybridized carbons (Fsp3) is 0.474. The number of nitro groups is 1. The van der Waals surface area contributed by atoms with E-state index in [1.807, 2.05) is 0 Å². The fourth-order valence-corrected chi connectivity index (χ4v) is 3.57. The summed E-state index contributed by atoms with van der Waals surface area (Å²) in [7, 11) is 0. The van der Waals surface area contributed by atoms with Gasteiger partial charge in [0.05, 0.1) is 17.0 Å². The van der Waals surface area contributed by atoms with E-state index in [1.54, 1.807) is 0 Å². The SMILES string of the molecule is [C-]#[N+]C1CC2CC(C(C)(O)COc3cccc([N+](=O)[O-])c3)=NC2C=C1C(F)(F)F. The number of nitrogens with zero attached hydrogens (tertiary/aromatic N) is 3. The van der Waals surface area contributed by atoms with E-state index < -0.39 is 34.4 Å². The highest BCUT2D eigenvalue weighted by Crippen LogP contribution is 2.42. The fourth-order valence-electron chi connectivity index (χ4n) is 3.57. The lowest BCUT2D eigenvalue weighted by molar-refractivity contribution is -0.384. The molecule has 0 spiro atoms. The van der Waals surface area contributed by atoms with E-state index >= 15 is 0 Å². The minimum Gasteiger partial charge on any atom is -0.490 e. The van der Waals surface area contributed by atoms with Crippen molar-refractivity contribution in [1.29, 1.82) is 0 Å². The monoisotopic (exact) mass is 409 g/mol. The highest BCUT2D eigenvalue weighted by Gasteiger charge is 2.50. The van der Waals surface area contributed by atoms with Gasteiger partial charge in [-0.25, -0.2) is 6.57 Å². The number of rotatable bonds is 5. The maximum atomic E-state index is 13.2. The summed E-state index contributed by atoms with van der Waals surface area (Å²) >= 11 is 0. The van der Waals surface area contributed by atoms with Crippen LogP contribution in [0.25, 0.3) is 4.85 Å². The van der Waals surface area contributed by atoms with E-state index in [0.717, 1.165) is 6.08 Å². The number of hydrogen-bond donors (Lipinski definition) is 1. The number of ether oxygens (including phenoxy) is 1. The second kappa shape index (κ2) is 7.48. The molecular weight excluding hydrogens is 391 g/mol. The molecule has 0 saturated heterocycles. The van der Waals surface area contributed by atoms with Crippen LogP contribution in [0.1, 0.15) is 19.8 Å². The quantitative estimate of drug-likeness (QED) is 0.347. The standard InChI is InChI=1S/C19H18F3N3O4/c1-18(26,10-29-13-5-3-4-12(8-13)25(27)28)17-7-11-6-16(23-2)14(19(20,21)22)9-15(11)24-17/h3-5,8-9,11,15-16,26H,6-7,10H2,1H3. The lowest BCUT2D eigenvalue weighted by Crippen LogP contribution is -2.41. The number of aliphatic imine (C=N–C) groups is 1. The summed E-state index contributed by atoms with van der Waals surface area (Å²) in [5, 5.41) is 21.6. The summed E-state index contributed by atoms with van der Waals surface area (Å²) in [5.74, 6) is -0.109. The summed E-state index contributed by atoms with van der Waals surface area (Å²) in [6.07, 6.45) is -3.33. The molecule has 1 aromatic rings. The first-order chi connectivity index (χ1) is 13.5. The number of hydrogen-bond acceptors (Lipinski definition) is 5. The molecule has 0 fully saturated rings. The van der Waals surface area contributed by atoms with E-state index in [2.05, 4.69) is 9.84 Å². The van der Waals surface area contributed by atoms with E-state index in [-0.39, 0.29) is 36.8 Å². The smallest absolute Gasteiger partial charge is 0.419 e. The van der Waals surface area contributed by atoms with Gasteiger partial charge >= 0.3 is 6.18 Å². The zero-order chi connectivity index (χ0) is 21.4. The van der Waals surface area contributed by atoms with Gasteiger partial charge in [0.2, 0.25) is 0 Å². The summed E-state index contributed by atoms with van der Waals surface area (Å²) in [6.45, 7) is 8.23. The van der Waals surface area contributed by atoms with Crippen molar-refractivity contribution in [2.75, 3.05) is 6.61 Å². The van der Waals surface area contributed by atoms with E-state index in [4.69, 9.17) is 11.3 Å². The van der Waals surface area contributed by atoms with Gasteiger partial charge in [-0.3, -0.25) is 15.1 Å². The Bertz CT molecular complexity index is 918. The molecule has 29 heavy (non-hydrogen) atoms. The Labute approximate surface area is 164 Å². The molecule has 154 valence electrons. The van der Waals surface area contributed by atoms with Crippen LogP contribution in [-0.2, 0) is 0 Å². The van der Waals surface area contributed by atoms with Crippen LogP contribution >= 0.6 is 0 Å². The average molecular weight is 409 g/mol. The van der Waals surface area contributed by atoms with Gasteiger partial charge in [-0.15, -0.1) is 0 Å². The van der Waals surface area contributed by atoms with E-state index in [9.17, 15) is 28.4 Å². The molecule has 2 aliphatic rings. The molecule has 1 aliphatic heterocycles. The van der Waals surface area contributed by atoms with Crippen molar-refractivity contribution in [2.24, 2.45) is 10.9 Å². The van der Waals surface area contributed by atoms with Gasteiger partial charge in [0.1, 0.15) is 23.5 Å². The Morgan fingerprint density at radius 3 is 2.79 bits per heavy atom. The van der Waals surface area contributed by atoms with Gasteiger partial charge in [-0.1, -0.05) is 6.07 Å². The second-order valence-electron chi connectivity index (χ2n) is 7.35. The van der Waals surface area contributed by atoms with Crippen molar-refractivity contribution >= 4 is 11.4 Å². The molecule has 1 N–H and O–H groups in total. The number of nitro benzene ring substituents is 1. The van der Waals surface area contributed by atoms with Crippen molar-refractivity contribution in [1.82, 2.24) is 0 Å². The van der Waals surface area contributed by atoms with Crippen molar-refractivity contribution in [3.05, 3.63) is 57.4 Å². The lowest BCUT2D eigenvalue weighted by atomic mass is 9.80. The third-order valence-electron chi connectivity index (χ3n) is 5.13. The van der Waals surface area contributed by atoms with Crippen molar-refractivity contribution in [3.8, 4) is 5.75 Å². The molecule has 1 aromatic carbocycles. The Kier molecular flexibility index (Phi) is 5.36. The van der Waals surface area contributed by atoms with Crippen LogP contribution in [0, 0.1) is 22.6 Å². The minimum atomic E-state index is -4.59. The molecular formula is C19H18F3N3O4. The van der Waals surface area contributed by atoms with Crippen LogP contribution in [0.2, 0.25) is 0 Å². The van der Waals surface area contributed by atoms with Crippen LogP contribution in [0.5, 0.6) is 5.75 Å². The summed E-state index contributed by atoms with van der Waals surface area (Å²) in [4.78, 5) is 17.6. The van der Waals surface area contributed by atoms with Gasteiger partial charge in [0.25, 0.3) is 11.7 Å². The van der Waals surface area contributed by atoms with Gasteiger partial charge < -0.3 is 14.7 Å². The van der Waals surface area contributed by atoms with Gasteiger partial charge in [0.15, 0.2) is 0 Å². The molecule has 0 bridgehead atoms.